The molecule has 112 valence electrons. The predicted molar refractivity (Wildman–Crippen MR) is 78.2 cm³/mol. The molecule has 1 aromatic rings. The maximum atomic E-state index is 12.5. The molecule has 1 aliphatic heterocycles. The van der Waals surface area contributed by atoms with Crippen molar-refractivity contribution in [2.45, 2.75) is 43.7 Å². The van der Waals surface area contributed by atoms with Gasteiger partial charge in [-0.3, -0.25) is 0 Å². The third-order valence-electron chi connectivity index (χ3n) is 3.25. The van der Waals surface area contributed by atoms with E-state index < -0.39 is 10.0 Å². The molecule has 0 bridgehead atoms. The number of rotatable bonds is 4. The van der Waals surface area contributed by atoms with Gasteiger partial charge in [0.25, 0.3) is 0 Å². The van der Waals surface area contributed by atoms with Crippen molar-refractivity contribution in [1.82, 2.24) is 4.31 Å². The summed E-state index contributed by atoms with van der Waals surface area (Å²) in [5.74, 6) is 0.675. The van der Waals surface area contributed by atoms with Crippen molar-refractivity contribution in [3.63, 3.8) is 0 Å². The molecule has 0 amide bonds. The zero-order valence-electron chi connectivity index (χ0n) is 12.0. The standard InChI is InChI=1S/C14H22N2O3S/c1-11(2)19-13-5-7-14(8-6-13)20(17,18)16-9-3-4-12(15)10-16/h5-8,11-12H,3-4,9-10,15H2,1-2H3. The van der Waals surface area contributed by atoms with Gasteiger partial charge in [0.15, 0.2) is 0 Å². The molecule has 6 heteroatoms. The van der Waals surface area contributed by atoms with E-state index in [1.807, 2.05) is 13.8 Å². The molecule has 0 saturated carbocycles. The number of piperidine rings is 1. The molecule has 0 aliphatic carbocycles. The van der Waals surface area contributed by atoms with Crippen molar-refractivity contribution in [3.8, 4) is 5.75 Å². The average Bonchev–Trinajstić information content (AvgIpc) is 2.38. The lowest BCUT2D eigenvalue weighted by Crippen LogP contribution is -2.45. The Morgan fingerprint density at radius 1 is 1.30 bits per heavy atom. The highest BCUT2D eigenvalue weighted by Gasteiger charge is 2.28. The van der Waals surface area contributed by atoms with Gasteiger partial charge in [0.2, 0.25) is 10.0 Å². The maximum Gasteiger partial charge on any atom is 0.243 e. The molecule has 1 heterocycles. The van der Waals surface area contributed by atoms with Gasteiger partial charge in [-0.05, 0) is 51.0 Å². The smallest absolute Gasteiger partial charge is 0.243 e. The molecular weight excluding hydrogens is 276 g/mol. The number of nitrogens with zero attached hydrogens (tertiary/aromatic N) is 1. The fourth-order valence-electron chi connectivity index (χ4n) is 2.30. The van der Waals surface area contributed by atoms with E-state index in [0.29, 0.717) is 23.7 Å². The van der Waals surface area contributed by atoms with E-state index in [9.17, 15) is 8.42 Å². The Labute approximate surface area is 120 Å². The van der Waals surface area contributed by atoms with Crippen molar-refractivity contribution in [3.05, 3.63) is 24.3 Å². The van der Waals surface area contributed by atoms with Crippen molar-refractivity contribution < 1.29 is 13.2 Å². The monoisotopic (exact) mass is 298 g/mol. The van der Waals surface area contributed by atoms with Crippen LogP contribution in [0.2, 0.25) is 0 Å². The van der Waals surface area contributed by atoms with Crippen LogP contribution in [-0.2, 0) is 10.0 Å². The fraction of sp³-hybridized carbons (Fsp3) is 0.571. The summed E-state index contributed by atoms with van der Waals surface area (Å²) in [4.78, 5) is 0.294. The van der Waals surface area contributed by atoms with Crippen molar-refractivity contribution in [2.75, 3.05) is 13.1 Å². The molecule has 0 spiro atoms. The van der Waals surface area contributed by atoms with E-state index in [0.717, 1.165) is 12.8 Å². The van der Waals surface area contributed by atoms with Gasteiger partial charge in [-0.2, -0.15) is 4.31 Å². The third-order valence-corrected chi connectivity index (χ3v) is 5.13. The lowest BCUT2D eigenvalue weighted by Gasteiger charge is -2.29. The van der Waals surface area contributed by atoms with E-state index in [1.165, 1.54) is 4.31 Å². The average molecular weight is 298 g/mol. The number of nitrogens with two attached hydrogens (primary N) is 1. The highest BCUT2D eigenvalue weighted by Crippen LogP contribution is 2.22. The van der Waals surface area contributed by atoms with Crippen LogP contribution in [0.15, 0.2) is 29.2 Å². The second-order valence-corrected chi connectivity index (χ2v) is 7.34. The minimum absolute atomic E-state index is 0.0672. The summed E-state index contributed by atoms with van der Waals surface area (Å²) in [5, 5.41) is 0. The molecule has 1 aromatic carbocycles. The molecule has 5 nitrogen and oxygen atoms in total. The molecule has 0 aromatic heterocycles. The first-order chi connectivity index (χ1) is 9.39. The van der Waals surface area contributed by atoms with Gasteiger partial charge in [-0.15, -0.1) is 0 Å². The molecule has 2 rings (SSSR count). The molecule has 1 unspecified atom stereocenters. The largest absolute Gasteiger partial charge is 0.491 e. The molecule has 1 fully saturated rings. The zero-order valence-corrected chi connectivity index (χ0v) is 12.8. The SMILES string of the molecule is CC(C)Oc1ccc(S(=O)(=O)N2CCCC(N)C2)cc1. The first kappa shape index (κ1) is 15.3. The van der Waals surface area contributed by atoms with E-state index in [4.69, 9.17) is 10.5 Å². The van der Waals surface area contributed by atoms with Crippen LogP contribution in [0.1, 0.15) is 26.7 Å². The Balaban J connectivity index is 2.17. The van der Waals surface area contributed by atoms with Crippen LogP contribution >= 0.6 is 0 Å². The van der Waals surface area contributed by atoms with E-state index in [-0.39, 0.29) is 12.1 Å². The van der Waals surface area contributed by atoms with Crippen LogP contribution in [0.4, 0.5) is 0 Å². The number of sulfonamides is 1. The predicted octanol–water partition coefficient (Wildman–Crippen LogP) is 1.59. The number of hydrogen-bond acceptors (Lipinski definition) is 4. The number of hydrogen-bond donors (Lipinski definition) is 1. The second-order valence-electron chi connectivity index (χ2n) is 5.40. The van der Waals surface area contributed by atoms with Gasteiger partial charge < -0.3 is 10.5 Å². The summed E-state index contributed by atoms with van der Waals surface area (Å²) in [5.41, 5.74) is 5.85. The Hall–Kier alpha value is -1.11. The molecule has 1 saturated heterocycles. The van der Waals surface area contributed by atoms with Crippen LogP contribution in [-0.4, -0.2) is 38.0 Å². The van der Waals surface area contributed by atoms with Gasteiger partial charge in [-0.25, -0.2) is 8.42 Å². The summed E-state index contributed by atoms with van der Waals surface area (Å²) in [7, 11) is -3.44. The summed E-state index contributed by atoms with van der Waals surface area (Å²) >= 11 is 0. The Morgan fingerprint density at radius 2 is 1.95 bits per heavy atom. The van der Waals surface area contributed by atoms with Crippen molar-refractivity contribution in [2.24, 2.45) is 5.73 Å². The summed E-state index contributed by atoms with van der Waals surface area (Å²) in [6.45, 7) is 4.80. The van der Waals surface area contributed by atoms with Crippen LogP contribution in [0.25, 0.3) is 0 Å². The summed E-state index contributed by atoms with van der Waals surface area (Å²) in [6.07, 6.45) is 1.76. The van der Waals surface area contributed by atoms with E-state index >= 15 is 0 Å². The summed E-state index contributed by atoms with van der Waals surface area (Å²) < 4.78 is 32.0. The van der Waals surface area contributed by atoms with Gasteiger partial charge >= 0.3 is 0 Å². The molecule has 20 heavy (non-hydrogen) atoms. The molecule has 1 aliphatic rings. The second kappa shape index (κ2) is 6.11. The van der Waals surface area contributed by atoms with Gasteiger partial charge in [0.1, 0.15) is 5.75 Å². The molecule has 1 atom stereocenters. The third kappa shape index (κ3) is 3.50. The number of ether oxygens (including phenoxy) is 1. The first-order valence-electron chi connectivity index (χ1n) is 6.92. The zero-order chi connectivity index (χ0) is 14.8. The highest BCUT2D eigenvalue weighted by molar-refractivity contribution is 7.89. The van der Waals surface area contributed by atoms with E-state index in [1.54, 1.807) is 24.3 Å². The highest BCUT2D eigenvalue weighted by atomic mass is 32.2. The molecule has 0 radical (unpaired) electrons. The van der Waals surface area contributed by atoms with Crippen molar-refractivity contribution >= 4 is 10.0 Å². The van der Waals surface area contributed by atoms with Gasteiger partial charge in [-0.1, -0.05) is 0 Å². The van der Waals surface area contributed by atoms with Crippen LogP contribution in [0.3, 0.4) is 0 Å². The van der Waals surface area contributed by atoms with E-state index in [2.05, 4.69) is 0 Å². The van der Waals surface area contributed by atoms with Crippen LogP contribution < -0.4 is 10.5 Å². The minimum atomic E-state index is -3.44. The minimum Gasteiger partial charge on any atom is -0.491 e. The Bertz CT molecular complexity index is 540. The topological polar surface area (TPSA) is 72.6 Å². The van der Waals surface area contributed by atoms with Crippen molar-refractivity contribution in [1.29, 1.82) is 0 Å². The maximum absolute atomic E-state index is 12.5. The normalized spacial score (nSPS) is 21.1. The summed E-state index contributed by atoms with van der Waals surface area (Å²) in [6, 6.07) is 6.50. The lowest BCUT2D eigenvalue weighted by atomic mass is 10.1. The van der Waals surface area contributed by atoms with Gasteiger partial charge in [0.05, 0.1) is 11.0 Å². The quantitative estimate of drug-likeness (QED) is 0.916. The first-order valence-corrected chi connectivity index (χ1v) is 8.36. The fourth-order valence-corrected chi connectivity index (χ4v) is 3.84. The van der Waals surface area contributed by atoms with Crippen LogP contribution in [0.5, 0.6) is 5.75 Å². The lowest BCUT2D eigenvalue weighted by molar-refractivity contribution is 0.242. The Morgan fingerprint density at radius 3 is 2.50 bits per heavy atom. The van der Waals surface area contributed by atoms with Gasteiger partial charge in [0, 0.05) is 19.1 Å². The molecule has 2 N–H and O–H groups in total. The number of benzene rings is 1. The molecular formula is C14H22N2O3S. The van der Waals surface area contributed by atoms with Crippen LogP contribution in [0, 0.1) is 0 Å². The Kier molecular flexibility index (Phi) is 4.67.